The van der Waals surface area contributed by atoms with Crippen LogP contribution in [0.2, 0.25) is 0 Å². The number of amides is 2. The van der Waals surface area contributed by atoms with E-state index >= 15 is 0 Å². The molecule has 9 nitrogen and oxygen atoms in total. The molecule has 1 aromatic heterocycles. The Kier molecular flexibility index (Phi) is 7.33. The van der Waals surface area contributed by atoms with Crippen molar-refractivity contribution in [1.82, 2.24) is 19.4 Å². The van der Waals surface area contributed by atoms with Gasteiger partial charge >= 0.3 is 11.1 Å². The Labute approximate surface area is 202 Å². The first-order valence-corrected chi connectivity index (χ1v) is 11.9. The molecule has 0 unspecified atom stereocenters. The predicted molar refractivity (Wildman–Crippen MR) is 133 cm³/mol. The Morgan fingerprint density at radius 1 is 0.971 bits per heavy atom. The smallest absolute Gasteiger partial charge is 0.316 e. The number of carbonyl (C=O) groups is 2. The van der Waals surface area contributed by atoms with Crippen LogP contribution in [0.25, 0.3) is 11.0 Å². The lowest BCUT2D eigenvalue weighted by Gasteiger charge is -2.22. The summed E-state index contributed by atoms with van der Waals surface area (Å²) in [6.07, 6.45) is 1.76. The number of aromatic amines is 1. The van der Waals surface area contributed by atoms with Crippen molar-refractivity contribution in [3.05, 3.63) is 74.3 Å². The molecule has 1 saturated heterocycles. The van der Waals surface area contributed by atoms with Gasteiger partial charge < -0.3 is 24.1 Å². The number of rotatable bonds is 6. The summed E-state index contributed by atoms with van der Waals surface area (Å²) < 4.78 is 6.56. The monoisotopic (exact) mass is 478 g/mol. The van der Waals surface area contributed by atoms with Crippen molar-refractivity contribution in [3.63, 3.8) is 0 Å². The number of fused-ring (bicyclic) bond motifs is 1. The van der Waals surface area contributed by atoms with Gasteiger partial charge in [0.05, 0.1) is 18.1 Å². The molecule has 9 heteroatoms. The van der Waals surface area contributed by atoms with Gasteiger partial charge in [-0.3, -0.25) is 19.2 Å². The average Bonchev–Trinajstić information content (AvgIpc) is 3.14. The van der Waals surface area contributed by atoms with Crippen molar-refractivity contribution in [3.8, 4) is 5.75 Å². The number of nitrogens with zero attached hydrogens (tertiary/aromatic N) is 3. The van der Waals surface area contributed by atoms with Crippen molar-refractivity contribution >= 4 is 22.8 Å². The van der Waals surface area contributed by atoms with Gasteiger partial charge in [-0.2, -0.15) is 0 Å². The topological polar surface area (TPSA) is 105 Å². The minimum atomic E-state index is -0.706. The van der Waals surface area contributed by atoms with Gasteiger partial charge in [0.2, 0.25) is 5.91 Å². The fraction of sp³-hybridized carbons (Fsp3) is 0.385. The molecular weight excluding hydrogens is 448 g/mol. The number of nitrogens with one attached hydrogen (secondary N) is 1. The van der Waals surface area contributed by atoms with Gasteiger partial charge in [-0.15, -0.1) is 0 Å². The molecule has 1 fully saturated rings. The van der Waals surface area contributed by atoms with Crippen LogP contribution in [0.15, 0.2) is 52.1 Å². The molecule has 0 spiro atoms. The highest BCUT2D eigenvalue weighted by atomic mass is 16.5. The number of benzene rings is 2. The first kappa shape index (κ1) is 24.3. The summed E-state index contributed by atoms with van der Waals surface area (Å²) in [5.41, 5.74) is 1.24. The number of aromatic nitrogens is 2. The molecule has 3 aromatic rings. The molecule has 35 heavy (non-hydrogen) atoms. The van der Waals surface area contributed by atoms with E-state index in [0.717, 1.165) is 11.3 Å². The molecule has 2 heterocycles. The number of hydrogen-bond donors (Lipinski definition) is 1. The number of ether oxygens (including phenoxy) is 1. The van der Waals surface area contributed by atoms with Gasteiger partial charge in [0.25, 0.3) is 5.91 Å². The first-order valence-electron chi connectivity index (χ1n) is 11.9. The van der Waals surface area contributed by atoms with Gasteiger partial charge in [0.1, 0.15) is 5.75 Å². The fourth-order valence-corrected chi connectivity index (χ4v) is 4.48. The maximum atomic E-state index is 13.2. The molecule has 4 rings (SSSR count). The lowest BCUT2D eigenvalue weighted by molar-refractivity contribution is -0.131. The van der Waals surface area contributed by atoms with Crippen LogP contribution in [0.5, 0.6) is 5.75 Å². The molecule has 0 atom stereocenters. The van der Waals surface area contributed by atoms with Crippen molar-refractivity contribution in [2.45, 2.75) is 32.7 Å². The third kappa shape index (κ3) is 5.29. The molecular formula is C26H30N4O5. The zero-order valence-electron chi connectivity index (χ0n) is 20.1. The van der Waals surface area contributed by atoms with E-state index in [9.17, 15) is 19.2 Å². The molecule has 0 aliphatic carbocycles. The molecule has 2 aromatic carbocycles. The van der Waals surface area contributed by atoms with E-state index < -0.39 is 11.1 Å². The van der Waals surface area contributed by atoms with Gasteiger partial charge in [-0.25, -0.2) is 0 Å². The van der Waals surface area contributed by atoms with E-state index in [0.29, 0.717) is 68.6 Å². The molecule has 0 radical (unpaired) electrons. The molecule has 184 valence electrons. The van der Waals surface area contributed by atoms with Crippen molar-refractivity contribution < 1.29 is 14.3 Å². The van der Waals surface area contributed by atoms with Crippen molar-refractivity contribution in [2.24, 2.45) is 0 Å². The van der Waals surface area contributed by atoms with Crippen LogP contribution in [-0.4, -0.2) is 64.5 Å². The summed E-state index contributed by atoms with van der Waals surface area (Å²) in [6.45, 7) is 4.23. The standard InChI is InChI=1S/C26H30N4O5/c1-3-30-22-11-8-19(17-21(22)27-24(32)26(30)34)25(33)29-14-4-13-28(15-16-29)23(31)12-7-18-5-9-20(35-2)10-6-18/h5-6,8-11,17H,3-4,7,12-16H2,1-2H3,(H,27,32). The number of methoxy groups -OCH3 is 1. The molecule has 0 saturated carbocycles. The summed E-state index contributed by atoms with van der Waals surface area (Å²) in [6, 6.07) is 12.7. The van der Waals surface area contributed by atoms with E-state index in [1.165, 1.54) is 4.57 Å². The largest absolute Gasteiger partial charge is 0.497 e. The Hall–Kier alpha value is -3.88. The Morgan fingerprint density at radius 2 is 1.69 bits per heavy atom. The van der Waals surface area contributed by atoms with Gasteiger partial charge in [-0.1, -0.05) is 12.1 Å². The van der Waals surface area contributed by atoms with E-state index in [1.54, 1.807) is 37.1 Å². The molecule has 1 aliphatic heterocycles. The number of hydrogen-bond acceptors (Lipinski definition) is 5. The fourth-order valence-electron chi connectivity index (χ4n) is 4.48. The lowest BCUT2D eigenvalue weighted by atomic mass is 10.1. The third-order valence-electron chi connectivity index (χ3n) is 6.46. The summed E-state index contributed by atoms with van der Waals surface area (Å²) in [7, 11) is 1.62. The molecule has 1 N–H and O–H groups in total. The Balaban J connectivity index is 1.40. The van der Waals surface area contributed by atoms with E-state index in [4.69, 9.17) is 4.74 Å². The van der Waals surface area contributed by atoms with Crippen LogP contribution >= 0.6 is 0 Å². The number of H-pyrrole nitrogens is 1. The molecule has 0 bridgehead atoms. The van der Waals surface area contributed by atoms with Crippen LogP contribution in [0.3, 0.4) is 0 Å². The van der Waals surface area contributed by atoms with E-state index in [1.807, 2.05) is 29.2 Å². The zero-order valence-corrected chi connectivity index (χ0v) is 20.1. The van der Waals surface area contributed by atoms with Crippen LogP contribution in [-0.2, 0) is 17.8 Å². The number of aryl methyl sites for hydroxylation is 2. The van der Waals surface area contributed by atoms with Gasteiger partial charge in [0.15, 0.2) is 0 Å². The zero-order chi connectivity index (χ0) is 24.9. The Morgan fingerprint density at radius 3 is 2.40 bits per heavy atom. The normalized spacial score (nSPS) is 14.1. The minimum Gasteiger partial charge on any atom is -0.497 e. The lowest BCUT2D eigenvalue weighted by Crippen LogP contribution is -2.37. The van der Waals surface area contributed by atoms with Gasteiger partial charge in [-0.05, 0) is 55.7 Å². The van der Waals surface area contributed by atoms with Crippen molar-refractivity contribution in [1.29, 1.82) is 0 Å². The Bertz CT molecular complexity index is 1340. The van der Waals surface area contributed by atoms with E-state index in [-0.39, 0.29) is 11.8 Å². The summed E-state index contributed by atoms with van der Waals surface area (Å²) in [4.78, 5) is 56.2. The summed E-state index contributed by atoms with van der Waals surface area (Å²) in [5, 5.41) is 0. The highest BCUT2D eigenvalue weighted by Crippen LogP contribution is 2.16. The van der Waals surface area contributed by atoms with Crippen LogP contribution in [0, 0.1) is 0 Å². The van der Waals surface area contributed by atoms with Gasteiger partial charge in [0, 0.05) is 44.7 Å². The second kappa shape index (κ2) is 10.6. The van der Waals surface area contributed by atoms with Crippen LogP contribution in [0.4, 0.5) is 0 Å². The van der Waals surface area contributed by atoms with Crippen LogP contribution in [0.1, 0.15) is 35.7 Å². The molecule has 1 aliphatic rings. The quantitative estimate of drug-likeness (QED) is 0.546. The maximum Gasteiger partial charge on any atom is 0.316 e. The minimum absolute atomic E-state index is 0.0796. The SMILES string of the molecule is CCn1c(=O)c(=O)[nH]c2cc(C(=O)N3CCCN(C(=O)CCc4ccc(OC)cc4)CC3)ccc21. The van der Waals surface area contributed by atoms with E-state index in [2.05, 4.69) is 4.98 Å². The average molecular weight is 479 g/mol. The number of carbonyl (C=O) groups excluding carboxylic acids is 2. The third-order valence-corrected chi connectivity index (χ3v) is 6.46. The maximum absolute atomic E-state index is 13.2. The summed E-state index contributed by atoms with van der Waals surface area (Å²) in [5.74, 6) is 0.709. The summed E-state index contributed by atoms with van der Waals surface area (Å²) >= 11 is 0. The first-order chi connectivity index (χ1) is 16.9. The second-order valence-corrected chi connectivity index (χ2v) is 8.61. The highest BCUT2D eigenvalue weighted by molar-refractivity contribution is 5.97. The van der Waals surface area contributed by atoms with Crippen molar-refractivity contribution in [2.75, 3.05) is 33.3 Å². The second-order valence-electron chi connectivity index (χ2n) is 8.61. The highest BCUT2D eigenvalue weighted by Gasteiger charge is 2.23. The van der Waals surface area contributed by atoms with Crippen LogP contribution < -0.4 is 15.9 Å². The predicted octanol–water partition coefficient (Wildman–Crippen LogP) is 2.03. The molecule has 2 amide bonds.